The van der Waals surface area contributed by atoms with Gasteiger partial charge in [0.15, 0.2) is 0 Å². The Hall–Kier alpha value is -1.26. The zero-order valence-electron chi connectivity index (χ0n) is 11.9. The molecule has 1 saturated heterocycles. The maximum absolute atomic E-state index is 12.4. The zero-order valence-corrected chi connectivity index (χ0v) is 12.6. The van der Waals surface area contributed by atoms with Gasteiger partial charge in [0.25, 0.3) is 0 Å². The molecule has 0 radical (unpaired) electrons. The summed E-state index contributed by atoms with van der Waals surface area (Å²) in [7, 11) is 0. The zero-order chi connectivity index (χ0) is 14.8. The molecule has 21 heavy (non-hydrogen) atoms. The standard InChI is InChI=1S/C16H20ClNO3/c17-13-5-1-2-7-15(13)21-11-8-9-18(10-11)16(20)12-4-3-6-14(12)19/h1-2,5,7,11-12,14,19H,3-4,6,8-10H2. The largest absolute Gasteiger partial charge is 0.487 e. The van der Waals surface area contributed by atoms with Crippen LogP contribution >= 0.6 is 11.6 Å². The van der Waals surface area contributed by atoms with Gasteiger partial charge in [0, 0.05) is 13.0 Å². The fourth-order valence-electron chi connectivity index (χ4n) is 3.21. The molecule has 5 heteroatoms. The van der Waals surface area contributed by atoms with Crippen molar-refractivity contribution in [3.63, 3.8) is 0 Å². The molecule has 0 spiro atoms. The maximum Gasteiger partial charge on any atom is 0.228 e. The molecule has 2 fully saturated rings. The fourth-order valence-corrected chi connectivity index (χ4v) is 3.39. The summed E-state index contributed by atoms with van der Waals surface area (Å²) in [5.74, 6) is 0.522. The van der Waals surface area contributed by atoms with Crippen molar-refractivity contribution in [2.75, 3.05) is 13.1 Å². The third-order valence-electron chi connectivity index (χ3n) is 4.38. The number of carbonyl (C=O) groups is 1. The first-order valence-electron chi connectivity index (χ1n) is 7.53. The van der Waals surface area contributed by atoms with Gasteiger partial charge in [-0.1, -0.05) is 23.7 Å². The van der Waals surface area contributed by atoms with E-state index >= 15 is 0 Å². The number of amides is 1. The first kappa shape index (κ1) is 14.7. The van der Waals surface area contributed by atoms with Crippen LogP contribution in [-0.4, -0.2) is 41.2 Å². The van der Waals surface area contributed by atoms with E-state index in [-0.39, 0.29) is 17.9 Å². The summed E-state index contributed by atoms with van der Waals surface area (Å²) in [6.07, 6.45) is 2.79. The van der Waals surface area contributed by atoms with Gasteiger partial charge in [0.05, 0.1) is 23.6 Å². The van der Waals surface area contributed by atoms with Gasteiger partial charge >= 0.3 is 0 Å². The van der Waals surface area contributed by atoms with Gasteiger partial charge in [-0.25, -0.2) is 0 Å². The highest BCUT2D eigenvalue weighted by molar-refractivity contribution is 6.32. The molecule has 1 amide bonds. The summed E-state index contributed by atoms with van der Waals surface area (Å²) in [6, 6.07) is 7.38. The highest BCUT2D eigenvalue weighted by Crippen LogP contribution is 2.30. The fraction of sp³-hybridized carbons (Fsp3) is 0.562. The molecule has 114 valence electrons. The number of nitrogens with zero attached hydrogens (tertiary/aromatic N) is 1. The molecular formula is C16H20ClNO3. The lowest BCUT2D eigenvalue weighted by Crippen LogP contribution is -2.38. The van der Waals surface area contributed by atoms with E-state index in [0.717, 1.165) is 25.7 Å². The lowest BCUT2D eigenvalue weighted by atomic mass is 10.0. The average Bonchev–Trinajstić information content (AvgIpc) is 3.10. The lowest BCUT2D eigenvalue weighted by molar-refractivity contribution is -0.137. The Balaban J connectivity index is 1.58. The molecule has 1 N–H and O–H groups in total. The number of aliphatic hydroxyl groups excluding tert-OH is 1. The van der Waals surface area contributed by atoms with E-state index in [4.69, 9.17) is 16.3 Å². The van der Waals surface area contributed by atoms with Crippen LogP contribution in [0.25, 0.3) is 0 Å². The summed E-state index contributed by atoms with van der Waals surface area (Å²) in [5, 5.41) is 10.5. The monoisotopic (exact) mass is 309 g/mol. The van der Waals surface area contributed by atoms with Crippen LogP contribution < -0.4 is 4.74 Å². The highest BCUT2D eigenvalue weighted by atomic mass is 35.5. The van der Waals surface area contributed by atoms with Crippen molar-refractivity contribution in [1.82, 2.24) is 4.90 Å². The Morgan fingerprint density at radius 1 is 1.29 bits per heavy atom. The number of ether oxygens (including phenoxy) is 1. The van der Waals surface area contributed by atoms with Crippen molar-refractivity contribution >= 4 is 17.5 Å². The number of likely N-dealkylation sites (tertiary alicyclic amines) is 1. The molecule has 1 aliphatic carbocycles. The molecule has 3 atom stereocenters. The summed E-state index contributed by atoms with van der Waals surface area (Å²) in [4.78, 5) is 14.2. The van der Waals surface area contributed by atoms with E-state index in [1.54, 1.807) is 6.07 Å². The minimum Gasteiger partial charge on any atom is -0.487 e. The first-order valence-corrected chi connectivity index (χ1v) is 7.91. The Bertz CT molecular complexity index is 522. The van der Waals surface area contributed by atoms with Crippen molar-refractivity contribution in [3.05, 3.63) is 29.3 Å². The van der Waals surface area contributed by atoms with Crippen molar-refractivity contribution in [2.45, 2.75) is 37.9 Å². The Kier molecular flexibility index (Phi) is 4.36. The SMILES string of the molecule is O=C(C1CCCC1O)N1CCC(Oc2ccccc2Cl)C1. The van der Waals surface area contributed by atoms with E-state index in [1.807, 2.05) is 23.1 Å². The Morgan fingerprint density at radius 3 is 2.81 bits per heavy atom. The molecule has 1 aromatic carbocycles. The quantitative estimate of drug-likeness (QED) is 0.933. The molecule has 4 nitrogen and oxygen atoms in total. The lowest BCUT2D eigenvalue weighted by Gasteiger charge is -2.22. The molecule has 0 aromatic heterocycles. The molecular weight excluding hydrogens is 290 g/mol. The van der Waals surface area contributed by atoms with Crippen molar-refractivity contribution in [3.8, 4) is 5.75 Å². The van der Waals surface area contributed by atoms with E-state index in [1.165, 1.54) is 0 Å². The second-order valence-electron chi connectivity index (χ2n) is 5.85. The molecule has 2 aliphatic rings. The van der Waals surface area contributed by atoms with Crippen LogP contribution in [-0.2, 0) is 4.79 Å². The number of rotatable bonds is 3. The van der Waals surface area contributed by atoms with Crippen LogP contribution in [0.4, 0.5) is 0 Å². The molecule has 0 bridgehead atoms. The second kappa shape index (κ2) is 6.24. The predicted molar refractivity (Wildman–Crippen MR) is 80.4 cm³/mol. The minimum atomic E-state index is -0.471. The predicted octanol–water partition coefficient (Wildman–Crippen LogP) is 2.48. The molecule has 1 heterocycles. The number of para-hydroxylation sites is 1. The number of halogens is 1. The van der Waals surface area contributed by atoms with Gasteiger partial charge < -0.3 is 14.7 Å². The molecule has 3 unspecified atom stereocenters. The minimum absolute atomic E-state index is 0.0209. The molecule has 1 saturated carbocycles. The first-order chi connectivity index (χ1) is 10.1. The molecule has 3 rings (SSSR count). The van der Waals surface area contributed by atoms with Crippen LogP contribution in [0.15, 0.2) is 24.3 Å². The number of aliphatic hydroxyl groups is 1. The van der Waals surface area contributed by atoms with E-state index < -0.39 is 6.10 Å². The van der Waals surface area contributed by atoms with Crippen LogP contribution in [0.2, 0.25) is 5.02 Å². The summed E-state index contributed by atoms with van der Waals surface area (Å²) < 4.78 is 5.89. The van der Waals surface area contributed by atoms with Gasteiger partial charge in [-0.2, -0.15) is 0 Å². The maximum atomic E-state index is 12.4. The second-order valence-corrected chi connectivity index (χ2v) is 6.26. The van der Waals surface area contributed by atoms with E-state index in [9.17, 15) is 9.90 Å². The summed E-state index contributed by atoms with van der Waals surface area (Å²) in [6.45, 7) is 1.27. The Morgan fingerprint density at radius 2 is 2.10 bits per heavy atom. The van der Waals surface area contributed by atoms with Crippen LogP contribution in [0.3, 0.4) is 0 Å². The van der Waals surface area contributed by atoms with Crippen LogP contribution in [0.1, 0.15) is 25.7 Å². The van der Waals surface area contributed by atoms with Crippen molar-refractivity contribution < 1.29 is 14.6 Å². The van der Waals surface area contributed by atoms with Crippen molar-refractivity contribution in [2.24, 2.45) is 5.92 Å². The molecule has 1 aromatic rings. The number of hydrogen-bond donors (Lipinski definition) is 1. The van der Waals surface area contributed by atoms with Gasteiger partial charge in [-0.3, -0.25) is 4.79 Å². The normalized spacial score (nSPS) is 28.9. The number of benzene rings is 1. The third-order valence-corrected chi connectivity index (χ3v) is 4.70. The summed E-state index contributed by atoms with van der Waals surface area (Å²) in [5.41, 5.74) is 0. The van der Waals surface area contributed by atoms with Gasteiger partial charge in [0.1, 0.15) is 11.9 Å². The van der Waals surface area contributed by atoms with E-state index in [2.05, 4.69) is 0 Å². The number of carbonyl (C=O) groups excluding carboxylic acids is 1. The van der Waals surface area contributed by atoms with Crippen molar-refractivity contribution in [1.29, 1.82) is 0 Å². The van der Waals surface area contributed by atoms with Gasteiger partial charge in [-0.05, 0) is 31.4 Å². The van der Waals surface area contributed by atoms with Crippen LogP contribution in [0.5, 0.6) is 5.75 Å². The third kappa shape index (κ3) is 3.16. The highest BCUT2D eigenvalue weighted by Gasteiger charge is 2.37. The molecule has 1 aliphatic heterocycles. The van der Waals surface area contributed by atoms with E-state index in [0.29, 0.717) is 23.9 Å². The van der Waals surface area contributed by atoms with Gasteiger partial charge in [0.2, 0.25) is 5.91 Å². The number of hydrogen-bond acceptors (Lipinski definition) is 3. The average molecular weight is 310 g/mol. The smallest absolute Gasteiger partial charge is 0.228 e. The Labute approximate surface area is 129 Å². The topological polar surface area (TPSA) is 49.8 Å². The van der Waals surface area contributed by atoms with Gasteiger partial charge in [-0.15, -0.1) is 0 Å². The summed E-state index contributed by atoms with van der Waals surface area (Å²) >= 11 is 6.09. The van der Waals surface area contributed by atoms with Crippen LogP contribution in [0, 0.1) is 5.92 Å².